The van der Waals surface area contributed by atoms with E-state index in [0.717, 1.165) is 38.6 Å². The molecule has 0 amide bonds. The molecule has 3 fully saturated rings. The molecular formula is C18H34N2O2. The van der Waals surface area contributed by atoms with Crippen LogP contribution in [0.4, 0.5) is 0 Å². The molecule has 128 valence electrons. The van der Waals surface area contributed by atoms with E-state index in [2.05, 4.69) is 37.6 Å². The number of likely N-dealkylation sites (N-methyl/N-ethyl adjacent to an activating group) is 1. The molecule has 0 unspecified atom stereocenters. The van der Waals surface area contributed by atoms with Crippen LogP contribution in [0.1, 0.15) is 40.0 Å². The summed E-state index contributed by atoms with van der Waals surface area (Å²) in [5.41, 5.74) is 0.686. The molecule has 3 rings (SSSR count). The van der Waals surface area contributed by atoms with E-state index >= 15 is 0 Å². The van der Waals surface area contributed by atoms with Gasteiger partial charge in [0.25, 0.3) is 0 Å². The minimum absolute atomic E-state index is 0.297. The van der Waals surface area contributed by atoms with E-state index in [9.17, 15) is 5.11 Å². The third-order valence-electron chi connectivity index (χ3n) is 7.27. The molecule has 1 heterocycles. The van der Waals surface area contributed by atoms with E-state index in [4.69, 9.17) is 4.74 Å². The molecule has 4 nitrogen and oxygen atoms in total. The molecule has 22 heavy (non-hydrogen) atoms. The number of hydrogen-bond acceptors (Lipinski definition) is 4. The van der Waals surface area contributed by atoms with Gasteiger partial charge >= 0.3 is 0 Å². The topological polar surface area (TPSA) is 35.9 Å². The zero-order chi connectivity index (χ0) is 16.0. The van der Waals surface area contributed by atoms with Crippen molar-refractivity contribution in [2.24, 2.45) is 16.7 Å². The predicted molar refractivity (Wildman–Crippen MR) is 88.9 cm³/mol. The number of aliphatic hydroxyl groups is 1. The molecule has 2 saturated carbocycles. The molecule has 3 aliphatic rings. The number of aliphatic hydroxyl groups excluding tert-OH is 1. The number of hydrogen-bond donors (Lipinski definition) is 1. The quantitative estimate of drug-likeness (QED) is 0.840. The van der Waals surface area contributed by atoms with Gasteiger partial charge in [-0.1, -0.05) is 20.8 Å². The normalized spacial score (nSPS) is 40.2. The Morgan fingerprint density at radius 2 is 1.86 bits per heavy atom. The van der Waals surface area contributed by atoms with Crippen molar-refractivity contribution in [3.63, 3.8) is 0 Å². The summed E-state index contributed by atoms with van der Waals surface area (Å²) < 4.78 is 6.21. The minimum Gasteiger partial charge on any atom is -0.389 e. The summed E-state index contributed by atoms with van der Waals surface area (Å²) in [5, 5.41) is 10.3. The molecule has 2 bridgehead atoms. The van der Waals surface area contributed by atoms with Gasteiger partial charge in [0.1, 0.15) is 0 Å². The summed E-state index contributed by atoms with van der Waals surface area (Å²) in [5.74, 6) is 0.803. The average Bonchev–Trinajstić information content (AvgIpc) is 2.80. The smallest absolute Gasteiger partial charge is 0.0900 e. The van der Waals surface area contributed by atoms with Crippen LogP contribution in [0.25, 0.3) is 0 Å². The van der Waals surface area contributed by atoms with Crippen molar-refractivity contribution < 1.29 is 9.84 Å². The fourth-order valence-corrected chi connectivity index (χ4v) is 4.99. The van der Waals surface area contributed by atoms with E-state index in [0.29, 0.717) is 23.5 Å². The Morgan fingerprint density at radius 1 is 1.18 bits per heavy atom. The highest BCUT2D eigenvalue weighted by Crippen LogP contribution is 2.66. The van der Waals surface area contributed by atoms with E-state index in [1.165, 1.54) is 19.3 Å². The second-order valence-corrected chi connectivity index (χ2v) is 8.69. The summed E-state index contributed by atoms with van der Waals surface area (Å²) in [7, 11) is 2.16. The lowest BCUT2D eigenvalue weighted by molar-refractivity contribution is -0.0804. The summed E-state index contributed by atoms with van der Waals surface area (Å²) in [6.07, 6.45) is 3.81. The highest BCUT2D eigenvalue weighted by molar-refractivity contribution is 5.11. The summed E-state index contributed by atoms with van der Waals surface area (Å²) in [6.45, 7) is 12.8. The lowest BCUT2D eigenvalue weighted by Crippen LogP contribution is -2.48. The van der Waals surface area contributed by atoms with Gasteiger partial charge in [0.15, 0.2) is 0 Å². The largest absolute Gasteiger partial charge is 0.389 e. The van der Waals surface area contributed by atoms with E-state index in [1.807, 2.05) is 0 Å². The maximum atomic E-state index is 10.3. The number of fused-ring (bicyclic) bond motifs is 2. The van der Waals surface area contributed by atoms with Crippen LogP contribution in [0.15, 0.2) is 0 Å². The van der Waals surface area contributed by atoms with Crippen molar-refractivity contribution >= 4 is 0 Å². The predicted octanol–water partition coefficient (Wildman–Crippen LogP) is 1.83. The molecule has 2 aliphatic carbocycles. The van der Waals surface area contributed by atoms with Gasteiger partial charge in [-0.2, -0.15) is 0 Å². The van der Waals surface area contributed by atoms with Gasteiger partial charge in [-0.15, -0.1) is 0 Å². The average molecular weight is 310 g/mol. The molecule has 1 aliphatic heterocycles. The van der Waals surface area contributed by atoms with Crippen LogP contribution >= 0.6 is 0 Å². The third-order valence-corrected chi connectivity index (χ3v) is 7.27. The van der Waals surface area contributed by atoms with Crippen LogP contribution in [0.3, 0.4) is 0 Å². The number of β-amino-alcohol motifs (C(OH)–C–C–N with tert-alkyl or cyclic N) is 1. The number of piperazine rings is 1. The SMILES string of the molecule is CN1CCN(C[C@@H](O)CO[C@@H]2C[C@@H]3CC[C@]2(C)C3(C)C)CC1. The second-order valence-electron chi connectivity index (χ2n) is 8.69. The first-order chi connectivity index (χ1) is 10.3. The van der Waals surface area contributed by atoms with E-state index in [-0.39, 0.29) is 6.10 Å². The second kappa shape index (κ2) is 6.04. The number of nitrogens with zero attached hydrogens (tertiary/aromatic N) is 2. The minimum atomic E-state index is -0.353. The third kappa shape index (κ3) is 2.83. The Balaban J connectivity index is 1.45. The lowest BCUT2D eigenvalue weighted by Gasteiger charge is -2.39. The first-order valence-corrected chi connectivity index (χ1v) is 9.03. The maximum Gasteiger partial charge on any atom is 0.0900 e. The molecule has 4 heteroatoms. The van der Waals surface area contributed by atoms with Crippen molar-refractivity contribution in [1.29, 1.82) is 0 Å². The fourth-order valence-electron chi connectivity index (χ4n) is 4.99. The zero-order valence-electron chi connectivity index (χ0n) is 14.8. The zero-order valence-corrected chi connectivity index (χ0v) is 14.8. The van der Waals surface area contributed by atoms with Crippen molar-refractivity contribution in [3.05, 3.63) is 0 Å². The first kappa shape index (κ1) is 16.7. The van der Waals surface area contributed by atoms with Crippen molar-refractivity contribution in [1.82, 2.24) is 9.80 Å². The van der Waals surface area contributed by atoms with Crippen molar-refractivity contribution in [2.75, 3.05) is 46.4 Å². The Morgan fingerprint density at radius 3 is 2.41 bits per heavy atom. The molecule has 0 aromatic carbocycles. The van der Waals surface area contributed by atoms with E-state index in [1.54, 1.807) is 0 Å². The highest BCUT2D eigenvalue weighted by atomic mass is 16.5. The number of rotatable bonds is 5. The standard InChI is InChI=1S/C18H34N2O2/c1-17(2)14-5-6-18(17,3)16(11-14)22-13-15(21)12-20-9-7-19(4)8-10-20/h14-16,21H,5-13H2,1-4H3/t14-,15+,16+,18-/m0/s1. The Labute approximate surface area is 135 Å². The maximum absolute atomic E-state index is 10.3. The molecule has 0 radical (unpaired) electrons. The van der Waals surface area contributed by atoms with Gasteiger partial charge in [-0.25, -0.2) is 0 Å². The molecule has 0 aromatic heterocycles. The van der Waals surface area contributed by atoms with Crippen LogP contribution in [0.2, 0.25) is 0 Å². The Bertz CT molecular complexity index is 393. The number of ether oxygens (including phenoxy) is 1. The lowest BCUT2D eigenvalue weighted by atomic mass is 9.70. The van der Waals surface area contributed by atoms with Crippen molar-refractivity contribution in [3.8, 4) is 0 Å². The summed E-state index contributed by atoms with van der Waals surface area (Å²) >= 11 is 0. The van der Waals surface area contributed by atoms with Crippen LogP contribution in [0, 0.1) is 16.7 Å². The van der Waals surface area contributed by atoms with E-state index < -0.39 is 0 Å². The molecule has 1 N–H and O–H groups in total. The molecule has 1 saturated heterocycles. The highest BCUT2D eigenvalue weighted by Gasteiger charge is 2.61. The fraction of sp³-hybridized carbons (Fsp3) is 1.00. The van der Waals surface area contributed by atoms with Crippen LogP contribution in [-0.4, -0.2) is 73.5 Å². The van der Waals surface area contributed by atoms with Gasteiger partial charge in [0.2, 0.25) is 0 Å². The van der Waals surface area contributed by atoms with Crippen LogP contribution in [-0.2, 0) is 4.74 Å². The van der Waals surface area contributed by atoms with Gasteiger partial charge in [-0.05, 0) is 43.1 Å². The molecule has 0 spiro atoms. The van der Waals surface area contributed by atoms with Crippen molar-refractivity contribution in [2.45, 2.75) is 52.2 Å². The van der Waals surface area contributed by atoms with Crippen LogP contribution in [0.5, 0.6) is 0 Å². The molecule has 0 aromatic rings. The van der Waals surface area contributed by atoms with Gasteiger partial charge in [0, 0.05) is 32.7 Å². The van der Waals surface area contributed by atoms with Gasteiger partial charge < -0.3 is 14.7 Å². The van der Waals surface area contributed by atoms with Gasteiger partial charge in [-0.3, -0.25) is 4.90 Å². The van der Waals surface area contributed by atoms with Crippen LogP contribution < -0.4 is 0 Å². The Hall–Kier alpha value is -0.160. The Kier molecular flexibility index (Phi) is 4.59. The molecule has 4 atom stereocenters. The summed E-state index contributed by atoms with van der Waals surface area (Å²) in [4.78, 5) is 4.71. The first-order valence-electron chi connectivity index (χ1n) is 9.03. The molecular weight excluding hydrogens is 276 g/mol. The van der Waals surface area contributed by atoms with Gasteiger partial charge in [0.05, 0.1) is 18.8 Å². The monoisotopic (exact) mass is 310 g/mol. The summed E-state index contributed by atoms with van der Waals surface area (Å²) in [6, 6.07) is 0.